The van der Waals surface area contributed by atoms with Crippen LogP contribution in [0, 0.1) is 5.41 Å². The first kappa shape index (κ1) is 21.1. The highest BCUT2D eigenvalue weighted by Gasteiger charge is 2.23. The van der Waals surface area contributed by atoms with Gasteiger partial charge in [0, 0.05) is 47.8 Å². The molecule has 2 aromatic rings. The lowest BCUT2D eigenvalue weighted by molar-refractivity contribution is 0.101. The minimum absolute atomic E-state index is 0.0423. The second-order valence-corrected chi connectivity index (χ2v) is 9.24. The zero-order chi connectivity index (χ0) is 21.8. The van der Waals surface area contributed by atoms with Crippen LogP contribution in [0.3, 0.4) is 0 Å². The molecule has 0 radical (unpaired) electrons. The number of aryl methyl sites for hydroxylation is 2. The first-order chi connectivity index (χ1) is 14.9. The van der Waals surface area contributed by atoms with E-state index in [0.717, 1.165) is 72.2 Å². The fourth-order valence-corrected chi connectivity index (χ4v) is 4.27. The molecule has 4 rings (SSSR count). The lowest BCUT2D eigenvalue weighted by Crippen LogP contribution is -2.35. The van der Waals surface area contributed by atoms with Crippen molar-refractivity contribution in [1.29, 1.82) is 0 Å². The van der Waals surface area contributed by atoms with Crippen molar-refractivity contribution in [3.63, 3.8) is 0 Å². The van der Waals surface area contributed by atoms with Crippen molar-refractivity contribution >= 4 is 11.6 Å². The average molecular weight is 415 g/mol. The van der Waals surface area contributed by atoms with E-state index in [4.69, 9.17) is 0 Å². The highest BCUT2D eigenvalue weighted by molar-refractivity contribution is 6.11. The third-order valence-electron chi connectivity index (χ3n) is 6.15. The summed E-state index contributed by atoms with van der Waals surface area (Å²) in [6.45, 7) is 5.80. The van der Waals surface area contributed by atoms with Crippen LogP contribution in [0.1, 0.15) is 58.5 Å². The van der Waals surface area contributed by atoms with Gasteiger partial charge in [-0.2, -0.15) is 0 Å². The quantitative estimate of drug-likeness (QED) is 0.678. The number of allylic oxidation sites excluding steroid dienone is 2. The maximum atomic E-state index is 12.7. The Kier molecular flexibility index (Phi) is 6.08. The molecule has 0 bridgehead atoms. The molecule has 2 aliphatic carbocycles. The molecule has 0 unspecified atom stereocenters. The fraction of sp³-hybridized carbons (Fsp3) is 0.333. The smallest absolute Gasteiger partial charge is 0.190 e. The molecule has 4 heteroatoms. The SMILES string of the molecule is CC(C)(CN/C=C1\CCc2ccccc2C1=O)CN/C=C1\CCc2ccccc2C1=O. The first-order valence-electron chi connectivity index (χ1n) is 11.0. The van der Waals surface area contributed by atoms with Crippen LogP contribution in [0.15, 0.2) is 72.1 Å². The molecule has 0 heterocycles. The molecule has 0 fully saturated rings. The highest BCUT2D eigenvalue weighted by Crippen LogP contribution is 2.26. The van der Waals surface area contributed by atoms with E-state index in [1.807, 2.05) is 60.9 Å². The van der Waals surface area contributed by atoms with Crippen LogP contribution in [-0.4, -0.2) is 24.7 Å². The Morgan fingerprint density at radius 2 is 1.13 bits per heavy atom. The summed E-state index contributed by atoms with van der Waals surface area (Å²) >= 11 is 0. The third-order valence-corrected chi connectivity index (χ3v) is 6.15. The normalized spacial score (nSPS) is 18.6. The maximum absolute atomic E-state index is 12.7. The van der Waals surface area contributed by atoms with Gasteiger partial charge in [-0.3, -0.25) is 9.59 Å². The summed E-state index contributed by atoms with van der Waals surface area (Å²) in [6.07, 6.45) is 7.14. The fourth-order valence-electron chi connectivity index (χ4n) is 4.27. The van der Waals surface area contributed by atoms with E-state index in [1.165, 1.54) is 0 Å². The van der Waals surface area contributed by atoms with Crippen LogP contribution in [0.4, 0.5) is 0 Å². The lowest BCUT2D eigenvalue weighted by Gasteiger charge is -2.26. The number of rotatable bonds is 6. The van der Waals surface area contributed by atoms with Crippen LogP contribution < -0.4 is 10.6 Å². The van der Waals surface area contributed by atoms with Crippen LogP contribution in [-0.2, 0) is 12.8 Å². The molecule has 160 valence electrons. The van der Waals surface area contributed by atoms with E-state index in [9.17, 15) is 9.59 Å². The van der Waals surface area contributed by atoms with Crippen LogP contribution >= 0.6 is 0 Å². The summed E-state index contributed by atoms with van der Waals surface area (Å²) in [5, 5.41) is 6.71. The van der Waals surface area contributed by atoms with Crippen molar-refractivity contribution in [3.05, 3.63) is 94.3 Å². The summed E-state index contributed by atoms with van der Waals surface area (Å²) < 4.78 is 0. The van der Waals surface area contributed by atoms with E-state index in [0.29, 0.717) is 0 Å². The largest absolute Gasteiger partial charge is 0.390 e. The molecule has 0 amide bonds. The van der Waals surface area contributed by atoms with Crippen molar-refractivity contribution in [2.24, 2.45) is 5.41 Å². The summed E-state index contributed by atoms with van der Waals surface area (Å²) in [7, 11) is 0. The van der Waals surface area contributed by atoms with E-state index >= 15 is 0 Å². The monoisotopic (exact) mass is 414 g/mol. The molecular formula is C27H30N2O2. The molecule has 0 aliphatic heterocycles. The maximum Gasteiger partial charge on any atom is 0.190 e. The van der Waals surface area contributed by atoms with E-state index < -0.39 is 0 Å². The number of nitrogens with one attached hydrogen (secondary N) is 2. The summed E-state index contributed by atoms with van der Waals surface area (Å²) in [4.78, 5) is 25.4. The van der Waals surface area contributed by atoms with Crippen LogP contribution in [0.5, 0.6) is 0 Å². The summed E-state index contributed by atoms with van der Waals surface area (Å²) in [5.41, 5.74) is 5.58. The van der Waals surface area contributed by atoms with Gasteiger partial charge in [0.1, 0.15) is 0 Å². The van der Waals surface area contributed by atoms with Crippen molar-refractivity contribution in [3.8, 4) is 0 Å². The van der Waals surface area contributed by atoms with Gasteiger partial charge in [-0.05, 0) is 42.2 Å². The van der Waals surface area contributed by atoms with E-state index in [2.05, 4.69) is 24.5 Å². The first-order valence-corrected chi connectivity index (χ1v) is 11.0. The van der Waals surface area contributed by atoms with Gasteiger partial charge in [0.25, 0.3) is 0 Å². The highest BCUT2D eigenvalue weighted by atomic mass is 16.1. The topological polar surface area (TPSA) is 58.2 Å². The second kappa shape index (κ2) is 8.93. The third kappa shape index (κ3) is 4.79. The number of carbonyl (C=O) groups excluding carboxylic acids is 2. The molecule has 0 aromatic heterocycles. The van der Waals surface area contributed by atoms with Crippen LogP contribution in [0.25, 0.3) is 0 Å². The number of hydrogen-bond donors (Lipinski definition) is 2. The van der Waals surface area contributed by atoms with Gasteiger partial charge in [0.2, 0.25) is 0 Å². The molecule has 2 aromatic carbocycles. The van der Waals surface area contributed by atoms with Crippen molar-refractivity contribution in [2.45, 2.75) is 39.5 Å². The lowest BCUT2D eigenvalue weighted by atomic mass is 9.87. The minimum atomic E-state index is -0.0423. The predicted octanol–water partition coefficient (Wildman–Crippen LogP) is 4.62. The predicted molar refractivity (Wildman–Crippen MR) is 124 cm³/mol. The van der Waals surface area contributed by atoms with Gasteiger partial charge in [-0.25, -0.2) is 0 Å². The Morgan fingerprint density at radius 3 is 1.58 bits per heavy atom. The Hall–Kier alpha value is -3.14. The van der Waals surface area contributed by atoms with E-state index in [-0.39, 0.29) is 17.0 Å². The molecule has 2 N–H and O–H groups in total. The van der Waals surface area contributed by atoms with E-state index in [1.54, 1.807) is 0 Å². The number of carbonyl (C=O) groups is 2. The Bertz CT molecular complexity index is 979. The number of fused-ring (bicyclic) bond motifs is 2. The van der Waals surface area contributed by atoms with Crippen LogP contribution in [0.2, 0.25) is 0 Å². The summed E-state index contributed by atoms with van der Waals surface area (Å²) in [5.74, 6) is 0.261. The van der Waals surface area contributed by atoms with Gasteiger partial charge in [0.05, 0.1) is 0 Å². The average Bonchev–Trinajstić information content (AvgIpc) is 2.77. The molecule has 0 saturated heterocycles. The molecule has 4 nitrogen and oxygen atoms in total. The molecule has 0 atom stereocenters. The number of benzene rings is 2. The molecular weight excluding hydrogens is 384 g/mol. The number of Topliss-reactive ketones (excluding diaryl/α,β-unsaturated/α-hetero) is 2. The number of ketones is 2. The zero-order valence-corrected chi connectivity index (χ0v) is 18.3. The molecule has 0 spiro atoms. The van der Waals surface area contributed by atoms with Crippen molar-refractivity contribution < 1.29 is 9.59 Å². The van der Waals surface area contributed by atoms with Crippen molar-refractivity contribution in [2.75, 3.05) is 13.1 Å². The molecule has 31 heavy (non-hydrogen) atoms. The Balaban J connectivity index is 1.30. The standard InChI is InChI=1S/C27H30N2O2/c1-27(2,17-28-15-21-13-11-19-7-3-5-9-23(19)25(21)30)18-29-16-22-14-12-20-8-4-6-10-24(20)26(22)31/h3-10,15-16,28-29H,11-14,17-18H2,1-2H3/b21-15+,22-16+. The molecule has 0 saturated carbocycles. The van der Waals surface area contributed by atoms with Gasteiger partial charge >= 0.3 is 0 Å². The van der Waals surface area contributed by atoms with Crippen molar-refractivity contribution in [1.82, 2.24) is 10.6 Å². The van der Waals surface area contributed by atoms with Gasteiger partial charge in [0.15, 0.2) is 11.6 Å². The molecule has 2 aliphatic rings. The Morgan fingerprint density at radius 1 is 0.710 bits per heavy atom. The Labute approximate surface area is 184 Å². The van der Waals surface area contributed by atoms with Gasteiger partial charge in [-0.15, -0.1) is 0 Å². The van der Waals surface area contributed by atoms with Gasteiger partial charge in [-0.1, -0.05) is 62.4 Å². The second-order valence-electron chi connectivity index (χ2n) is 9.24. The summed E-state index contributed by atoms with van der Waals surface area (Å²) in [6, 6.07) is 15.7. The number of hydrogen-bond acceptors (Lipinski definition) is 4. The minimum Gasteiger partial charge on any atom is -0.390 e. The van der Waals surface area contributed by atoms with Gasteiger partial charge < -0.3 is 10.6 Å². The zero-order valence-electron chi connectivity index (χ0n) is 18.3.